The Morgan fingerprint density at radius 2 is 1.79 bits per heavy atom. The van der Waals surface area contributed by atoms with Gasteiger partial charge in [0.25, 0.3) is 5.91 Å². The molecule has 0 aliphatic heterocycles. The maximum absolute atomic E-state index is 11.6. The number of nitrogens with one attached hydrogen (secondary N) is 1. The molecule has 1 rings (SSSR count). The topological polar surface area (TPSA) is 41.5 Å². The van der Waals surface area contributed by atoms with Crippen LogP contribution in [-0.2, 0) is 0 Å². The molecule has 0 saturated heterocycles. The van der Waals surface area contributed by atoms with Crippen molar-refractivity contribution in [2.45, 2.75) is 51.9 Å². The summed E-state index contributed by atoms with van der Waals surface area (Å²) >= 11 is 0. The molecule has 1 amide bonds. The highest BCUT2D eigenvalue weighted by molar-refractivity contribution is 5.94. The molecular weight excluding hydrogens is 236 g/mol. The minimum atomic E-state index is -0.153. The van der Waals surface area contributed by atoms with Crippen LogP contribution in [0.25, 0.3) is 0 Å². The number of rotatable bonds is 9. The van der Waals surface area contributed by atoms with Gasteiger partial charge in [0.05, 0.1) is 0 Å². The number of hydrogen-bond acceptors (Lipinski definition) is 2. The van der Waals surface area contributed by atoms with Crippen LogP contribution in [-0.4, -0.2) is 12.1 Å². The van der Waals surface area contributed by atoms with Crippen LogP contribution in [0.5, 0.6) is 0 Å². The van der Waals surface area contributed by atoms with Gasteiger partial charge in [-0.1, -0.05) is 57.2 Å². The van der Waals surface area contributed by atoms with E-state index in [1.54, 1.807) is 18.3 Å². The quantitative estimate of drug-likeness (QED) is 0.404. The molecule has 0 bridgehead atoms. The van der Waals surface area contributed by atoms with E-state index >= 15 is 0 Å². The van der Waals surface area contributed by atoms with Crippen molar-refractivity contribution in [2.24, 2.45) is 5.10 Å². The van der Waals surface area contributed by atoms with E-state index in [9.17, 15) is 4.79 Å². The van der Waals surface area contributed by atoms with Gasteiger partial charge in [-0.25, -0.2) is 5.43 Å². The summed E-state index contributed by atoms with van der Waals surface area (Å²) < 4.78 is 0. The fourth-order valence-corrected chi connectivity index (χ4v) is 1.84. The lowest BCUT2D eigenvalue weighted by Gasteiger charge is -1.99. The maximum Gasteiger partial charge on any atom is 0.271 e. The second kappa shape index (κ2) is 10.3. The molecule has 0 saturated carbocycles. The fraction of sp³-hybridized carbons (Fsp3) is 0.500. The van der Waals surface area contributed by atoms with Gasteiger partial charge < -0.3 is 0 Å². The molecule has 1 aromatic carbocycles. The maximum atomic E-state index is 11.6. The average Bonchev–Trinajstić information content (AvgIpc) is 2.46. The first-order valence-electron chi connectivity index (χ1n) is 7.21. The van der Waals surface area contributed by atoms with Crippen LogP contribution >= 0.6 is 0 Å². The van der Waals surface area contributed by atoms with E-state index in [0.29, 0.717) is 5.56 Å². The number of hydrazone groups is 1. The molecule has 0 spiro atoms. The number of benzene rings is 1. The van der Waals surface area contributed by atoms with Gasteiger partial charge >= 0.3 is 0 Å². The van der Waals surface area contributed by atoms with Crippen molar-refractivity contribution in [1.29, 1.82) is 0 Å². The van der Waals surface area contributed by atoms with E-state index in [4.69, 9.17) is 0 Å². The van der Waals surface area contributed by atoms with Gasteiger partial charge in [0.2, 0.25) is 0 Å². The van der Waals surface area contributed by atoms with E-state index in [0.717, 1.165) is 12.8 Å². The zero-order valence-electron chi connectivity index (χ0n) is 11.8. The summed E-state index contributed by atoms with van der Waals surface area (Å²) in [4.78, 5) is 11.6. The van der Waals surface area contributed by atoms with Gasteiger partial charge in [-0.05, 0) is 25.0 Å². The minimum absolute atomic E-state index is 0.153. The van der Waals surface area contributed by atoms with Crippen LogP contribution in [0, 0.1) is 0 Å². The number of unbranched alkanes of at least 4 members (excludes halogenated alkanes) is 6. The normalized spacial score (nSPS) is 10.8. The second-order valence-corrected chi connectivity index (χ2v) is 4.68. The number of carbonyl (C=O) groups is 1. The lowest BCUT2D eigenvalue weighted by atomic mass is 10.1. The molecule has 0 radical (unpaired) electrons. The highest BCUT2D eigenvalue weighted by atomic mass is 16.2. The minimum Gasteiger partial charge on any atom is -0.267 e. The van der Waals surface area contributed by atoms with E-state index in [1.165, 1.54) is 32.1 Å². The number of carbonyl (C=O) groups excluding carboxylic acids is 1. The summed E-state index contributed by atoms with van der Waals surface area (Å²) in [7, 11) is 0. The van der Waals surface area contributed by atoms with E-state index in [1.807, 2.05) is 18.2 Å². The highest BCUT2D eigenvalue weighted by Gasteiger charge is 2.00. The van der Waals surface area contributed by atoms with Crippen LogP contribution in [0.3, 0.4) is 0 Å². The zero-order chi connectivity index (χ0) is 13.8. The summed E-state index contributed by atoms with van der Waals surface area (Å²) in [6.45, 7) is 2.22. The molecule has 0 heterocycles. The van der Waals surface area contributed by atoms with Gasteiger partial charge in [-0.3, -0.25) is 4.79 Å². The van der Waals surface area contributed by atoms with Crippen molar-refractivity contribution in [3.8, 4) is 0 Å². The Balaban J connectivity index is 2.06. The lowest BCUT2D eigenvalue weighted by Crippen LogP contribution is -2.17. The second-order valence-electron chi connectivity index (χ2n) is 4.68. The SMILES string of the molecule is CCCCCCCC/C=N/NC(=O)c1ccccc1. The molecule has 0 aliphatic carbocycles. The third kappa shape index (κ3) is 7.39. The summed E-state index contributed by atoms with van der Waals surface area (Å²) in [5, 5.41) is 3.96. The molecule has 0 fully saturated rings. The van der Waals surface area contributed by atoms with Crippen molar-refractivity contribution < 1.29 is 4.79 Å². The van der Waals surface area contributed by atoms with E-state index in [2.05, 4.69) is 17.5 Å². The Bertz CT molecular complexity index is 374. The van der Waals surface area contributed by atoms with Crippen LogP contribution in [0.2, 0.25) is 0 Å². The molecule has 0 aliphatic rings. The van der Waals surface area contributed by atoms with Gasteiger partial charge in [-0.2, -0.15) is 5.10 Å². The Hall–Kier alpha value is -1.64. The summed E-state index contributed by atoms with van der Waals surface area (Å²) in [6.07, 6.45) is 10.4. The monoisotopic (exact) mass is 260 g/mol. The molecule has 104 valence electrons. The smallest absolute Gasteiger partial charge is 0.267 e. The number of amides is 1. The van der Waals surface area contributed by atoms with Crippen LogP contribution in [0.1, 0.15) is 62.2 Å². The first kappa shape index (κ1) is 15.4. The molecule has 1 aromatic rings. The molecule has 3 nitrogen and oxygen atoms in total. The van der Waals surface area contributed by atoms with Crippen LogP contribution < -0.4 is 5.43 Å². The van der Waals surface area contributed by atoms with Crippen LogP contribution in [0.4, 0.5) is 0 Å². The number of nitrogens with zero attached hydrogens (tertiary/aromatic N) is 1. The van der Waals surface area contributed by atoms with Gasteiger partial charge in [0.15, 0.2) is 0 Å². The summed E-state index contributed by atoms with van der Waals surface area (Å²) in [5.74, 6) is -0.153. The molecule has 0 atom stereocenters. The van der Waals surface area contributed by atoms with Gasteiger partial charge in [0, 0.05) is 11.8 Å². The van der Waals surface area contributed by atoms with Crippen LogP contribution in [0.15, 0.2) is 35.4 Å². The van der Waals surface area contributed by atoms with E-state index in [-0.39, 0.29) is 5.91 Å². The van der Waals surface area contributed by atoms with Gasteiger partial charge in [-0.15, -0.1) is 0 Å². The third-order valence-corrected chi connectivity index (χ3v) is 2.98. The first-order chi connectivity index (χ1) is 9.34. The van der Waals surface area contributed by atoms with E-state index < -0.39 is 0 Å². The Morgan fingerprint density at radius 3 is 2.53 bits per heavy atom. The highest BCUT2D eigenvalue weighted by Crippen LogP contribution is 2.05. The predicted octanol–water partition coefficient (Wildman–Crippen LogP) is 4.15. The van der Waals surface area contributed by atoms with Crippen molar-refractivity contribution in [1.82, 2.24) is 5.43 Å². The van der Waals surface area contributed by atoms with Crippen molar-refractivity contribution in [2.75, 3.05) is 0 Å². The molecule has 1 N–H and O–H groups in total. The lowest BCUT2D eigenvalue weighted by molar-refractivity contribution is 0.0955. The fourth-order valence-electron chi connectivity index (χ4n) is 1.84. The Morgan fingerprint density at radius 1 is 1.11 bits per heavy atom. The molecule has 0 aromatic heterocycles. The van der Waals surface area contributed by atoms with Crippen molar-refractivity contribution in [3.63, 3.8) is 0 Å². The Labute approximate surface area is 116 Å². The third-order valence-electron chi connectivity index (χ3n) is 2.98. The van der Waals surface area contributed by atoms with Gasteiger partial charge in [0.1, 0.15) is 0 Å². The molecule has 3 heteroatoms. The Kier molecular flexibility index (Phi) is 8.36. The van der Waals surface area contributed by atoms with Crippen molar-refractivity contribution in [3.05, 3.63) is 35.9 Å². The van der Waals surface area contributed by atoms with Crippen molar-refractivity contribution >= 4 is 12.1 Å². The molecular formula is C16H24N2O. The standard InChI is InChI=1S/C16H24N2O/c1-2-3-4-5-6-7-11-14-17-18-16(19)15-12-9-8-10-13-15/h8-10,12-14H,2-7,11H2,1H3,(H,18,19)/b17-14+. The molecule has 19 heavy (non-hydrogen) atoms. The molecule has 0 unspecified atom stereocenters. The first-order valence-corrected chi connectivity index (χ1v) is 7.21. The zero-order valence-corrected chi connectivity index (χ0v) is 11.8. The largest absolute Gasteiger partial charge is 0.271 e. The number of hydrogen-bond donors (Lipinski definition) is 1. The average molecular weight is 260 g/mol. The summed E-state index contributed by atoms with van der Waals surface area (Å²) in [6, 6.07) is 9.12. The predicted molar refractivity (Wildman–Crippen MR) is 80.4 cm³/mol. The summed E-state index contributed by atoms with van der Waals surface area (Å²) in [5.41, 5.74) is 3.18.